The number of rotatable bonds is 7. The van der Waals surface area contributed by atoms with Crippen molar-refractivity contribution in [3.63, 3.8) is 0 Å². The summed E-state index contributed by atoms with van der Waals surface area (Å²) < 4.78 is 22.0. The lowest BCUT2D eigenvalue weighted by Gasteiger charge is -2.25. The summed E-state index contributed by atoms with van der Waals surface area (Å²) >= 11 is 1.82. The lowest BCUT2D eigenvalue weighted by atomic mass is 9.78. The molecule has 0 aliphatic heterocycles. The third-order valence-corrected chi connectivity index (χ3v) is 24.2. The van der Waals surface area contributed by atoms with Crippen LogP contribution in [0.15, 0.2) is 316 Å². The fourth-order valence-electron chi connectivity index (χ4n) is 18.5. The highest BCUT2D eigenvalue weighted by Crippen LogP contribution is 2.59. The van der Waals surface area contributed by atoms with Crippen LogP contribution in [0.4, 0.5) is 0 Å². The Bertz CT molecular complexity index is 6930. The van der Waals surface area contributed by atoms with Gasteiger partial charge in [0.15, 0.2) is 0 Å². The van der Waals surface area contributed by atoms with Gasteiger partial charge in [-0.15, -0.1) is 11.3 Å². The third kappa shape index (κ3) is 8.01. The van der Waals surface area contributed by atoms with E-state index in [4.69, 9.17) is 13.3 Å². The molecule has 2 aliphatic rings. The molecule has 0 atom stereocenters. The maximum atomic E-state index is 7.39. The van der Waals surface area contributed by atoms with Crippen LogP contribution in [0, 0.1) is 0 Å². The molecule has 0 amide bonds. The summed E-state index contributed by atoms with van der Waals surface area (Å²) in [4.78, 5) is 0. The molecule has 0 radical (unpaired) electrons. The number of benzene rings is 16. The van der Waals surface area contributed by atoms with Crippen LogP contribution in [-0.4, -0.2) is 0 Å². The number of fused-ring (bicyclic) bond motifs is 20. The predicted molar refractivity (Wildman–Crippen MR) is 429 cm³/mol. The highest BCUT2D eigenvalue weighted by molar-refractivity contribution is 7.17. The molecule has 0 N–H and O–H groups in total. The van der Waals surface area contributed by atoms with Crippen LogP contribution < -0.4 is 0 Å². The van der Waals surface area contributed by atoms with Crippen LogP contribution in [0.25, 0.3) is 208 Å². The largest absolute Gasteiger partial charge is 0.464 e. The highest BCUT2D eigenvalue weighted by atomic mass is 32.1. The van der Waals surface area contributed by atoms with E-state index in [1.54, 1.807) is 0 Å². The smallest absolute Gasteiger partial charge is 0.143 e. The molecule has 102 heavy (non-hydrogen) atoms. The molecule has 2 aliphatic carbocycles. The second-order valence-electron chi connectivity index (χ2n) is 29.2. The fourth-order valence-corrected chi connectivity index (χ4v) is 19.4. The zero-order valence-corrected chi connectivity index (χ0v) is 57.3. The minimum atomic E-state index is -0.353. The van der Waals surface area contributed by atoms with Gasteiger partial charge in [-0.2, -0.15) is 0 Å². The molecule has 0 unspecified atom stereocenters. The maximum absolute atomic E-state index is 7.39. The molecule has 0 saturated heterocycles. The predicted octanol–water partition coefficient (Wildman–Crippen LogP) is 28.3. The first-order chi connectivity index (χ1) is 50.1. The van der Waals surface area contributed by atoms with E-state index in [0.717, 1.165) is 77.1 Å². The van der Waals surface area contributed by atoms with Gasteiger partial charge >= 0.3 is 0 Å². The zero-order valence-electron chi connectivity index (χ0n) is 56.5. The van der Waals surface area contributed by atoms with E-state index < -0.39 is 0 Å². The van der Waals surface area contributed by atoms with Crippen LogP contribution in [0.5, 0.6) is 0 Å². The minimum absolute atomic E-state index is 0.241. The molecule has 3 nitrogen and oxygen atoms in total. The van der Waals surface area contributed by atoms with Crippen LogP contribution >= 0.6 is 11.3 Å². The van der Waals surface area contributed by atoms with Crippen molar-refractivity contribution < 1.29 is 13.3 Å². The van der Waals surface area contributed by atoms with Gasteiger partial charge in [0.1, 0.15) is 27.9 Å². The first-order valence-electron chi connectivity index (χ1n) is 35.4. The summed E-state index contributed by atoms with van der Waals surface area (Å²) in [7, 11) is 0. The first-order valence-corrected chi connectivity index (χ1v) is 36.3. The van der Waals surface area contributed by atoms with E-state index in [2.05, 4.69) is 312 Å². The van der Waals surface area contributed by atoms with E-state index in [-0.39, 0.29) is 10.8 Å². The van der Waals surface area contributed by atoms with Gasteiger partial charge in [-0.25, -0.2) is 0 Å². The highest BCUT2D eigenvalue weighted by Gasteiger charge is 2.42. The van der Waals surface area contributed by atoms with Crippen molar-refractivity contribution in [2.75, 3.05) is 0 Å². The van der Waals surface area contributed by atoms with E-state index in [1.165, 1.54) is 153 Å². The van der Waals surface area contributed by atoms with Gasteiger partial charge in [-0.05, 0) is 203 Å². The molecular weight excluding hydrogens is 1260 g/mol. The topological polar surface area (TPSA) is 39.4 Å². The Morgan fingerprint density at radius 1 is 0.255 bits per heavy atom. The fraction of sp³-hybridized carbons (Fsp3) is 0.0612. The van der Waals surface area contributed by atoms with Crippen molar-refractivity contribution in [3.8, 4) is 100 Å². The quantitative estimate of drug-likeness (QED) is 0.149. The molecule has 4 heterocycles. The SMILES string of the molecule is CC1(C)c2ccc(-c3ccc(-c4cc(-c5ccccc5)cc5c4C(C)(C)c4ccc6c(oc7cc(-c8c9ccccc9c(-c9cccc%10ccsc9%10)c9ccccc89)ccc76)c4-5)cc3)cc2-c2c1ccc1c2oc2ccc(-c3c4ccccc4c(-c4coc5ccccc45)c4ccccc34)cc21. The van der Waals surface area contributed by atoms with Crippen LogP contribution in [0.1, 0.15) is 49.9 Å². The van der Waals surface area contributed by atoms with Crippen molar-refractivity contribution in [1.29, 1.82) is 0 Å². The Kier molecular flexibility index (Phi) is 11.9. The molecular formula is C98H62O3S. The lowest BCUT2D eigenvalue weighted by molar-refractivity contribution is 0.617. The van der Waals surface area contributed by atoms with Gasteiger partial charge in [-0.3, -0.25) is 0 Å². The summed E-state index contributed by atoms with van der Waals surface area (Å²) in [5.41, 5.74) is 30.6. The van der Waals surface area contributed by atoms with Gasteiger partial charge in [0.2, 0.25) is 0 Å². The molecule has 4 heteroatoms. The summed E-state index contributed by atoms with van der Waals surface area (Å²) in [6.07, 6.45) is 1.93. The van der Waals surface area contributed by atoms with Gasteiger partial charge < -0.3 is 13.3 Å². The van der Waals surface area contributed by atoms with E-state index in [0.29, 0.717) is 0 Å². The molecule has 0 bridgehead atoms. The standard InChI is InChI=1S/C98H62O3S/c1-97(2)81-43-38-59(49-78(81)91-82(97)44-42-74-77-50-60(39-46-85(77)100-95(74)91)87-67-25-10-14-29-71(67)90(72-30-15-11-26-68(72)87)80-54-99-84-32-17-16-22-63(80)84)56-33-35-57(36-34-56)76-51-62(55-19-6-5-7-20-55)52-79-92-83(98(3,4)93(76)79)45-41-73-64-40-37-61(53-86(64)101-94(73)92)88-65-23-8-12-27-69(65)89(70-28-13-9-24-66(70)88)75-31-18-21-58-47-48-102-96(58)75/h5-54H,1-4H3. The number of hydrogen-bond acceptors (Lipinski definition) is 4. The number of furan rings is 3. The molecule has 0 spiro atoms. The minimum Gasteiger partial charge on any atom is -0.464 e. The summed E-state index contributed by atoms with van der Waals surface area (Å²) in [6, 6.07) is 108. The molecule has 20 aromatic rings. The zero-order chi connectivity index (χ0) is 67.4. The molecule has 478 valence electrons. The van der Waals surface area contributed by atoms with Crippen molar-refractivity contribution in [2.45, 2.75) is 38.5 Å². The Morgan fingerprint density at radius 2 is 0.745 bits per heavy atom. The van der Waals surface area contributed by atoms with Crippen LogP contribution in [0.3, 0.4) is 0 Å². The molecule has 16 aromatic carbocycles. The second-order valence-corrected chi connectivity index (χ2v) is 30.1. The van der Waals surface area contributed by atoms with Crippen molar-refractivity contribution in [3.05, 3.63) is 325 Å². The van der Waals surface area contributed by atoms with E-state index in [1.807, 2.05) is 29.7 Å². The van der Waals surface area contributed by atoms with Crippen molar-refractivity contribution in [1.82, 2.24) is 0 Å². The number of para-hydroxylation sites is 1. The van der Waals surface area contributed by atoms with Crippen molar-refractivity contribution in [2.24, 2.45) is 0 Å². The summed E-state index contributed by atoms with van der Waals surface area (Å²) in [6.45, 7) is 9.52. The molecule has 0 saturated carbocycles. The van der Waals surface area contributed by atoms with E-state index in [9.17, 15) is 0 Å². The van der Waals surface area contributed by atoms with Gasteiger partial charge in [0, 0.05) is 70.3 Å². The molecule has 0 fully saturated rings. The van der Waals surface area contributed by atoms with Gasteiger partial charge in [0.05, 0.1) is 6.26 Å². The average Bonchev–Trinajstić information content (AvgIpc) is 1.50. The second kappa shape index (κ2) is 21.1. The third-order valence-electron chi connectivity index (χ3n) is 23.2. The van der Waals surface area contributed by atoms with E-state index >= 15 is 0 Å². The van der Waals surface area contributed by atoms with Gasteiger partial charge in [-0.1, -0.05) is 264 Å². The lowest BCUT2D eigenvalue weighted by Crippen LogP contribution is -2.16. The first kappa shape index (κ1) is 57.6. The number of hydrogen-bond donors (Lipinski definition) is 0. The Labute approximate surface area is 592 Å². The van der Waals surface area contributed by atoms with Crippen LogP contribution in [0.2, 0.25) is 0 Å². The average molecular weight is 1320 g/mol. The van der Waals surface area contributed by atoms with Crippen LogP contribution in [-0.2, 0) is 10.8 Å². The monoisotopic (exact) mass is 1320 g/mol. The summed E-state index contributed by atoms with van der Waals surface area (Å²) in [5, 5.41) is 18.8. The molecule has 4 aromatic heterocycles. The Morgan fingerprint density at radius 3 is 1.42 bits per heavy atom. The Hall–Kier alpha value is -12.3. The van der Waals surface area contributed by atoms with Crippen molar-refractivity contribution >= 4 is 119 Å². The number of thiophene rings is 1. The maximum Gasteiger partial charge on any atom is 0.143 e. The Balaban J connectivity index is 0.649. The molecule has 22 rings (SSSR count). The summed E-state index contributed by atoms with van der Waals surface area (Å²) in [5.74, 6) is 0. The normalized spacial score (nSPS) is 13.6. The van der Waals surface area contributed by atoms with Gasteiger partial charge in [0.25, 0.3) is 0 Å².